The number of nitroso groups, excluding NO2 is 1. The maximum absolute atomic E-state index is 12.6. The lowest BCUT2D eigenvalue weighted by atomic mass is 9.73. The monoisotopic (exact) mass is 319 g/mol. The number of hydrogen-bond donors (Lipinski definition) is 1. The quantitative estimate of drug-likeness (QED) is 0.860. The van der Waals surface area contributed by atoms with Gasteiger partial charge < -0.3 is 4.98 Å². The highest BCUT2D eigenvalue weighted by Gasteiger charge is 2.35. The largest absolute Gasteiger partial charge is 0.328 e. The Kier molecular flexibility index (Phi) is 5.08. The molecule has 0 bridgehead atoms. The van der Waals surface area contributed by atoms with E-state index < -0.39 is 11.2 Å². The standard InChI is InChI=1S/C17H25N3O3/c21-16-14(19-23)11-18-17(22)20(16)15(12-7-3-1-4-8-12)13-9-5-2-6-10-13/h11-13,15H,1-10H2,(H,18,22). The summed E-state index contributed by atoms with van der Waals surface area (Å²) in [6, 6.07) is -0.0893. The first-order valence-electron chi connectivity index (χ1n) is 8.90. The normalized spacial score (nSPS) is 20.7. The van der Waals surface area contributed by atoms with Gasteiger partial charge in [0, 0.05) is 12.2 Å². The van der Waals surface area contributed by atoms with Crippen LogP contribution in [0.5, 0.6) is 0 Å². The minimum absolute atomic E-state index is 0.0893. The molecule has 2 saturated carbocycles. The summed E-state index contributed by atoms with van der Waals surface area (Å²) in [5.41, 5.74) is -1.12. The Morgan fingerprint density at radius 2 is 1.48 bits per heavy atom. The van der Waals surface area contributed by atoms with Crippen LogP contribution < -0.4 is 11.2 Å². The summed E-state index contributed by atoms with van der Waals surface area (Å²) in [5.74, 6) is 0.708. The maximum atomic E-state index is 12.6. The smallest absolute Gasteiger partial charge is 0.312 e. The first-order chi connectivity index (χ1) is 11.2. The topological polar surface area (TPSA) is 84.3 Å². The zero-order chi connectivity index (χ0) is 16.2. The van der Waals surface area contributed by atoms with Crippen LogP contribution in [-0.4, -0.2) is 9.55 Å². The van der Waals surface area contributed by atoms with Crippen LogP contribution in [0.15, 0.2) is 21.0 Å². The van der Waals surface area contributed by atoms with Crippen LogP contribution in [0.25, 0.3) is 0 Å². The van der Waals surface area contributed by atoms with Crippen LogP contribution in [0.1, 0.15) is 70.3 Å². The fraction of sp³-hybridized carbons (Fsp3) is 0.765. The van der Waals surface area contributed by atoms with Gasteiger partial charge in [-0.05, 0) is 42.7 Å². The third-order valence-electron chi connectivity index (χ3n) is 5.65. The molecule has 1 aromatic rings. The van der Waals surface area contributed by atoms with E-state index in [1.165, 1.54) is 17.4 Å². The summed E-state index contributed by atoms with van der Waals surface area (Å²) in [6.07, 6.45) is 12.5. The molecule has 126 valence electrons. The van der Waals surface area contributed by atoms with Gasteiger partial charge in [0.2, 0.25) is 0 Å². The molecule has 0 amide bonds. The number of aromatic amines is 1. The van der Waals surface area contributed by atoms with Crippen molar-refractivity contribution in [2.45, 2.75) is 70.3 Å². The number of nitrogens with zero attached hydrogens (tertiary/aromatic N) is 2. The van der Waals surface area contributed by atoms with Crippen LogP contribution in [0, 0.1) is 16.7 Å². The van der Waals surface area contributed by atoms with E-state index >= 15 is 0 Å². The predicted molar refractivity (Wildman–Crippen MR) is 89.0 cm³/mol. The summed E-state index contributed by atoms with van der Waals surface area (Å²) in [7, 11) is 0. The highest BCUT2D eigenvalue weighted by atomic mass is 16.3. The molecule has 0 aliphatic heterocycles. The van der Waals surface area contributed by atoms with Crippen molar-refractivity contribution in [2.24, 2.45) is 17.0 Å². The van der Waals surface area contributed by atoms with Gasteiger partial charge in [0.15, 0.2) is 5.69 Å². The highest BCUT2D eigenvalue weighted by Crippen LogP contribution is 2.41. The number of hydrogen-bond acceptors (Lipinski definition) is 4. The fourth-order valence-corrected chi connectivity index (χ4v) is 4.57. The first-order valence-corrected chi connectivity index (χ1v) is 8.90. The van der Waals surface area contributed by atoms with E-state index in [0.717, 1.165) is 57.6 Å². The first kappa shape index (κ1) is 16.1. The van der Waals surface area contributed by atoms with Crippen molar-refractivity contribution in [3.8, 4) is 0 Å². The average molecular weight is 319 g/mol. The van der Waals surface area contributed by atoms with E-state index in [9.17, 15) is 14.5 Å². The molecule has 6 nitrogen and oxygen atoms in total. The SMILES string of the molecule is O=Nc1c[nH]c(=O)n(C(C2CCCCC2)C2CCCCC2)c1=O. The molecule has 0 radical (unpaired) electrons. The molecule has 1 aromatic heterocycles. The molecule has 0 atom stereocenters. The van der Waals surface area contributed by atoms with E-state index in [0.29, 0.717) is 11.8 Å². The van der Waals surface area contributed by atoms with Crippen molar-refractivity contribution in [1.29, 1.82) is 0 Å². The van der Waals surface area contributed by atoms with Crippen molar-refractivity contribution in [1.82, 2.24) is 9.55 Å². The zero-order valence-electron chi connectivity index (χ0n) is 13.5. The summed E-state index contributed by atoms with van der Waals surface area (Å²) >= 11 is 0. The molecule has 2 aliphatic carbocycles. The Morgan fingerprint density at radius 1 is 0.957 bits per heavy atom. The van der Waals surface area contributed by atoms with Crippen LogP contribution in [0.3, 0.4) is 0 Å². The minimum Gasteiger partial charge on any atom is -0.312 e. The van der Waals surface area contributed by atoms with Crippen LogP contribution in [0.4, 0.5) is 5.69 Å². The predicted octanol–water partition coefficient (Wildman–Crippen LogP) is 3.64. The molecule has 1 heterocycles. The van der Waals surface area contributed by atoms with Crippen molar-refractivity contribution >= 4 is 5.69 Å². The van der Waals surface area contributed by atoms with E-state index in [4.69, 9.17) is 0 Å². The van der Waals surface area contributed by atoms with Gasteiger partial charge in [-0.25, -0.2) is 4.79 Å². The second-order valence-corrected chi connectivity index (χ2v) is 7.03. The molecule has 3 rings (SSSR count). The van der Waals surface area contributed by atoms with Gasteiger partial charge in [0.05, 0.1) is 0 Å². The third kappa shape index (κ3) is 3.31. The van der Waals surface area contributed by atoms with Gasteiger partial charge in [0.25, 0.3) is 5.56 Å². The molecule has 0 saturated heterocycles. The Hall–Kier alpha value is -1.72. The van der Waals surface area contributed by atoms with Gasteiger partial charge in [-0.15, -0.1) is 4.91 Å². The Labute approximate surface area is 135 Å². The van der Waals surface area contributed by atoms with Crippen LogP contribution in [0.2, 0.25) is 0 Å². The van der Waals surface area contributed by atoms with E-state index in [2.05, 4.69) is 10.2 Å². The Bertz CT molecular complexity index is 634. The average Bonchev–Trinajstić information content (AvgIpc) is 2.60. The van der Waals surface area contributed by atoms with Gasteiger partial charge in [-0.2, -0.15) is 0 Å². The highest BCUT2D eigenvalue weighted by molar-refractivity contribution is 5.29. The lowest BCUT2D eigenvalue weighted by Crippen LogP contribution is -2.44. The van der Waals surface area contributed by atoms with Gasteiger partial charge in [-0.1, -0.05) is 38.5 Å². The Morgan fingerprint density at radius 3 is 1.96 bits per heavy atom. The molecule has 2 aliphatic rings. The lowest BCUT2D eigenvalue weighted by Gasteiger charge is -2.38. The Balaban J connectivity index is 2.05. The maximum Gasteiger partial charge on any atom is 0.328 e. The van der Waals surface area contributed by atoms with Gasteiger partial charge in [-0.3, -0.25) is 9.36 Å². The molecular weight excluding hydrogens is 294 g/mol. The molecule has 0 spiro atoms. The molecule has 23 heavy (non-hydrogen) atoms. The molecule has 2 fully saturated rings. The number of H-pyrrole nitrogens is 1. The van der Waals surface area contributed by atoms with E-state index in [1.807, 2.05) is 0 Å². The number of rotatable bonds is 4. The molecule has 0 unspecified atom stereocenters. The third-order valence-corrected chi connectivity index (χ3v) is 5.65. The summed E-state index contributed by atoms with van der Waals surface area (Å²) in [5, 5.41) is 2.79. The van der Waals surface area contributed by atoms with E-state index in [-0.39, 0.29) is 11.7 Å². The summed E-state index contributed by atoms with van der Waals surface area (Å²) in [4.78, 5) is 38.4. The second kappa shape index (κ2) is 7.23. The van der Waals surface area contributed by atoms with Crippen LogP contribution >= 0.6 is 0 Å². The summed E-state index contributed by atoms with van der Waals surface area (Å²) < 4.78 is 1.32. The summed E-state index contributed by atoms with van der Waals surface area (Å²) in [6.45, 7) is 0. The molecule has 1 N–H and O–H groups in total. The minimum atomic E-state index is -0.523. The number of aromatic nitrogens is 2. The van der Waals surface area contributed by atoms with Crippen molar-refractivity contribution in [2.75, 3.05) is 0 Å². The van der Waals surface area contributed by atoms with Gasteiger partial charge in [0.1, 0.15) is 0 Å². The molecule has 6 heteroatoms. The van der Waals surface area contributed by atoms with Crippen molar-refractivity contribution in [3.05, 3.63) is 31.9 Å². The fourth-order valence-electron chi connectivity index (χ4n) is 4.57. The van der Waals surface area contributed by atoms with Crippen molar-refractivity contribution in [3.63, 3.8) is 0 Å². The van der Waals surface area contributed by atoms with Gasteiger partial charge >= 0.3 is 5.69 Å². The second-order valence-electron chi connectivity index (χ2n) is 7.03. The van der Waals surface area contributed by atoms with Crippen LogP contribution in [-0.2, 0) is 0 Å². The van der Waals surface area contributed by atoms with E-state index in [1.54, 1.807) is 0 Å². The lowest BCUT2D eigenvalue weighted by molar-refractivity contribution is 0.142. The molecular formula is C17H25N3O3. The number of nitrogens with one attached hydrogen (secondary N) is 1. The van der Waals surface area contributed by atoms with Crippen molar-refractivity contribution < 1.29 is 0 Å². The zero-order valence-corrected chi connectivity index (χ0v) is 13.5. The molecule has 0 aromatic carbocycles.